The second kappa shape index (κ2) is 5.41. The quantitative estimate of drug-likeness (QED) is 0.823. The summed E-state index contributed by atoms with van der Waals surface area (Å²) in [6.07, 6.45) is 5.26. The third-order valence-corrected chi connectivity index (χ3v) is 2.96. The molecule has 5 heteroatoms. The minimum absolute atomic E-state index is 0.111. The van der Waals surface area contributed by atoms with Gasteiger partial charge in [-0.05, 0) is 25.7 Å². The van der Waals surface area contributed by atoms with E-state index >= 15 is 0 Å². The smallest absolute Gasteiger partial charge is 0.226 e. The lowest BCUT2D eigenvalue weighted by atomic mass is 10.1. The van der Waals surface area contributed by atoms with Crippen molar-refractivity contribution in [1.29, 1.82) is 0 Å². The Balaban J connectivity index is 1.82. The highest BCUT2D eigenvalue weighted by Gasteiger charge is 2.17. The number of hydrogen-bond acceptors (Lipinski definition) is 5. The molecular weight excluding hydrogens is 206 g/mol. The van der Waals surface area contributed by atoms with Crippen molar-refractivity contribution in [2.75, 3.05) is 6.61 Å². The summed E-state index contributed by atoms with van der Waals surface area (Å²) in [4.78, 5) is 4.28. The number of rotatable bonds is 5. The molecule has 1 aliphatic rings. The summed E-state index contributed by atoms with van der Waals surface area (Å²) >= 11 is 0. The van der Waals surface area contributed by atoms with E-state index < -0.39 is 0 Å². The number of aryl methyl sites for hydroxylation is 1. The molecule has 1 aliphatic heterocycles. The predicted molar refractivity (Wildman–Crippen MR) is 58.8 cm³/mol. The summed E-state index contributed by atoms with van der Waals surface area (Å²) in [5.74, 6) is 1.29. The van der Waals surface area contributed by atoms with Gasteiger partial charge in [-0.25, -0.2) is 0 Å². The number of hydrogen-bond donors (Lipinski definition) is 1. The first kappa shape index (κ1) is 11.5. The zero-order chi connectivity index (χ0) is 11.4. The molecule has 2 unspecified atom stereocenters. The van der Waals surface area contributed by atoms with E-state index in [1.807, 2.05) is 6.92 Å². The van der Waals surface area contributed by atoms with E-state index in [4.69, 9.17) is 15.0 Å². The molecule has 1 saturated heterocycles. The van der Waals surface area contributed by atoms with Crippen LogP contribution < -0.4 is 5.73 Å². The molecule has 1 aromatic rings. The van der Waals surface area contributed by atoms with E-state index in [1.165, 1.54) is 6.42 Å². The van der Waals surface area contributed by atoms with E-state index in [-0.39, 0.29) is 6.04 Å². The third kappa shape index (κ3) is 2.80. The third-order valence-electron chi connectivity index (χ3n) is 2.96. The van der Waals surface area contributed by atoms with Crippen LogP contribution in [0.4, 0.5) is 0 Å². The van der Waals surface area contributed by atoms with Crippen molar-refractivity contribution in [1.82, 2.24) is 10.1 Å². The van der Waals surface area contributed by atoms with Gasteiger partial charge >= 0.3 is 0 Å². The van der Waals surface area contributed by atoms with Crippen molar-refractivity contribution in [3.05, 3.63) is 11.7 Å². The fourth-order valence-corrected chi connectivity index (χ4v) is 1.86. The average molecular weight is 225 g/mol. The van der Waals surface area contributed by atoms with Gasteiger partial charge in [0.15, 0.2) is 5.82 Å². The summed E-state index contributed by atoms with van der Waals surface area (Å²) in [6.45, 7) is 2.90. The van der Waals surface area contributed by atoms with Crippen molar-refractivity contribution >= 4 is 0 Å². The number of ether oxygens (including phenoxy) is 1. The molecule has 2 rings (SSSR count). The Labute approximate surface area is 95.3 Å². The second-order valence-electron chi connectivity index (χ2n) is 4.23. The van der Waals surface area contributed by atoms with Crippen molar-refractivity contribution in [2.45, 2.75) is 51.2 Å². The van der Waals surface area contributed by atoms with Crippen molar-refractivity contribution in [3.8, 4) is 0 Å². The van der Waals surface area contributed by atoms with Crippen LogP contribution in [0.25, 0.3) is 0 Å². The zero-order valence-electron chi connectivity index (χ0n) is 9.69. The Bertz CT molecular complexity index is 321. The topological polar surface area (TPSA) is 74.2 Å². The monoisotopic (exact) mass is 225 g/mol. The van der Waals surface area contributed by atoms with Gasteiger partial charge in [-0.3, -0.25) is 0 Å². The molecule has 5 nitrogen and oxygen atoms in total. The fourth-order valence-electron chi connectivity index (χ4n) is 1.86. The van der Waals surface area contributed by atoms with E-state index in [1.54, 1.807) is 0 Å². The average Bonchev–Trinajstić information content (AvgIpc) is 2.96. The molecule has 90 valence electrons. The van der Waals surface area contributed by atoms with Gasteiger partial charge in [0.05, 0.1) is 12.1 Å². The Morgan fingerprint density at radius 3 is 3.12 bits per heavy atom. The molecule has 0 aromatic carbocycles. The maximum Gasteiger partial charge on any atom is 0.226 e. The van der Waals surface area contributed by atoms with Gasteiger partial charge in [0.1, 0.15) is 0 Å². The maximum absolute atomic E-state index is 5.82. The number of aromatic nitrogens is 2. The van der Waals surface area contributed by atoms with E-state index in [0.717, 1.165) is 32.3 Å². The van der Waals surface area contributed by atoms with Gasteiger partial charge in [0, 0.05) is 13.0 Å². The van der Waals surface area contributed by atoms with E-state index in [2.05, 4.69) is 10.1 Å². The Hall–Kier alpha value is -0.940. The lowest BCUT2D eigenvalue weighted by Gasteiger charge is -2.05. The highest BCUT2D eigenvalue weighted by Crippen LogP contribution is 2.18. The zero-order valence-corrected chi connectivity index (χ0v) is 9.69. The van der Waals surface area contributed by atoms with Gasteiger partial charge < -0.3 is 15.0 Å². The van der Waals surface area contributed by atoms with Crippen LogP contribution in [0, 0.1) is 0 Å². The van der Waals surface area contributed by atoms with Crippen LogP contribution in [0.5, 0.6) is 0 Å². The maximum atomic E-state index is 5.82. The van der Waals surface area contributed by atoms with Crippen molar-refractivity contribution < 1.29 is 9.26 Å². The summed E-state index contributed by atoms with van der Waals surface area (Å²) in [5, 5.41) is 3.88. The summed E-state index contributed by atoms with van der Waals surface area (Å²) in [6, 6.07) is -0.111. The molecule has 1 aromatic heterocycles. The lowest BCUT2D eigenvalue weighted by molar-refractivity contribution is 0.102. The number of nitrogens with zero attached hydrogens (tertiary/aromatic N) is 2. The van der Waals surface area contributed by atoms with Crippen LogP contribution in [0.2, 0.25) is 0 Å². The first-order valence-electron chi connectivity index (χ1n) is 5.99. The Morgan fingerprint density at radius 1 is 1.56 bits per heavy atom. The minimum atomic E-state index is -0.111. The van der Waals surface area contributed by atoms with Crippen LogP contribution in [-0.2, 0) is 11.2 Å². The molecule has 1 fully saturated rings. The number of nitrogens with two attached hydrogens (primary N) is 1. The fraction of sp³-hybridized carbons (Fsp3) is 0.818. The molecule has 0 saturated carbocycles. The van der Waals surface area contributed by atoms with Crippen LogP contribution in [0.3, 0.4) is 0 Å². The van der Waals surface area contributed by atoms with Gasteiger partial charge in [0.25, 0.3) is 0 Å². The summed E-state index contributed by atoms with van der Waals surface area (Å²) in [5.41, 5.74) is 5.82. The van der Waals surface area contributed by atoms with E-state index in [0.29, 0.717) is 17.8 Å². The SMILES string of the molecule is CCC(N)c1noc(CCC2CCCO2)n1. The van der Waals surface area contributed by atoms with Gasteiger partial charge in [-0.2, -0.15) is 4.98 Å². The molecule has 0 spiro atoms. The molecule has 2 atom stereocenters. The predicted octanol–water partition coefficient (Wildman–Crippen LogP) is 1.59. The highest BCUT2D eigenvalue weighted by atomic mass is 16.5. The molecule has 0 aliphatic carbocycles. The lowest BCUT2D eigenvalue weighted by Crippen LogP contribution is -2.10. The molecule has 2 N–H and O–H groups in total. The largest absolute Gasteiger partial charge is 0.378 e. The minimum Gasteiger partial charge on any atom is -0.378 e. The van der Waals surface area contributed by atoms with E-state index in [9.17, 15) is 0 Å². The standard InChI is InChI=1S/C11H19N3O2/c1-2-9(12)11-13-10(16-14-11)6-5-8-4-3-7-15-8/h8-9H,2-7,12H2,1H3. The Kier molecular flexibility index (Phi) is 3.90. The molecule has 16 heavy (non-hydrogen) atoms. The molecule has 0 radical (unpaired) electrons. The summed E-state index contributed by atoms with van der Waals surface area (Å²) in [7, 11) is 0. The van der Waals surface area contributed by atoms with Gasteiger partial charge in [-0.1, -0.05) is 12.1 Å². The van der Waals surface area contributed by atoms with Crippen LogP contribution in [-0.4, -0.2) is 22.9 Å². The first-order valence-corrected chi connectivity index (χ1v) is 5.99. The first-order chi connectivity index (χ1) is 7.79. The molecule has 0 bridgehead atoms. The van der Waals surface area contributed by atoms with Gasteiger partial charge in [-0.15, -0.1) is 0 Å². The van der Waals surface area contributed by atoms with Crippen LogP contribution in [0.1, 0.15) is 50.4 Å². The molecule has 0 amide bonds. The van der Waals surface area contributed by atoms with Gasteiger partial charge in [0.2, 0.25) is 5.89 Å². The molecule has 2 heterocycles. The highest BCUT2D eigenvalue weighted by molar-refractivity contribution is 4.92. The Morgan fingerprint density at radius 2 is 2.44 bits per heavy atom. The van der Waals surface area contributed by atoms with Crippen LogP contribution in [0.15, 0.2) is 4.52 Å². The van der Waals surface area contributed by atoms with Crippen molar-refractivity contribution in [3.63, 3.8) is 0 Å². The van der Waals surface area contributed by atoms with Crippen LogP contribution >= 0.6 is 0 Å². The summed E-state index contributed by atoms with van der Waals surface area (Å²) < 4.78 is 10.7. The second-order valence-corrected chi connectivity index (χ2v) is 4.23. The normalized spacial score (nSPS) is 22.5. The molecular formula is C11H19N3O2. The van der Waals surface area contributed by atoms with Crippen molar-refractivity contribution in [2.24, 2.45) is 5.73 Å².